The molecule has 0 radical (unpaired) electrons. The minimum absolute atomic E-state index is 0.0886. The Morgan fingerprint density at radius 3 is 2.34 bits per heavy atom. The fraction of sp³-hybridized carbons (Fsp3) is 0.0417. The molecule has 0 aliphatic heterocycles. The van der Waals surface area contributed by atoms with Gasteiger partial charge in [-0.2, -0.15) is 15.0 Å². The normalized spacial score (nSPS) is 10.3. The van der Waals surface area contributed by atoms with Gasteiger partial charge in [0, 0.05) is 5.39 Å². The Hall–Kier alpha value is -4.77. The van der Waals surface area contributed by atoms with Crippen molar-refractivity contribution in [3.8, 4) is 11.8 Å². The average molecular weight is 424 g/mol. The quantitative estimate of drug-likeness (QED) is 0.493. The molecule has 0 unspecified atom stereocenters. The molecule has 0 saturated heterocycles. The number of carbonyl (C=O) groups is 2. The summed E-state index contributed by atoms with van der Waals surface area (Å²) in [6.45, 7) is -0.584. The summed E-state index contributed by atoms with van der Waals surface area (Å²) in [6.07, 6.45) is 0. The van der Waals surface area contributed by atoms with Crippen LogP contribution >= 0.6 is 0 Å². The predicted molar refractivity (Wildman–Crippen MR) is 117 cm³/mol. The minimum Gasteiger partial charge on any atom is -0.451 e. The first-order valence-electron chi connectivity index (χ1n) is 9.62. The van der Waals surface area contributed by atoms with Crippen LogP contribution in [0, 0.1) is 11.3 Å². The van der Waals surface area contributed by atoms with Crippen LogP contribution in [-0.2, 0) is 9.53 Å². The first kappa shape index (κ1) is 20.5. The van der Waals surface area contributed by atoms with E-state index in [1.54, 1.807) is 78.9 Å². The van der Waals surface area contributed by atoms with Crippen LogP contribution in [0.5, 0.6) is 0 Å². The van der Waals surface area contributed by atoms with Crippen molar-refractivity contribution in [3.63, 3.8) is 0 Å². The van der Waals surface area contributed by atoms with Gasteiger partial charge in [0.15, 0.2) is 12.3 Å². The van der Waals surface area contributed by atoms with Gasteiger partial charge in [0.1, 0.15) is 6.07 Å². The number of amides is 1. The van der Waals surface area contributed by atoms with E-state index in [-0.39, 0.29) is 16.8 Å². The second-order valence-corrected chi connectivity index (χ2v) is 6.73. The molecular formula is C24H16N4O4. The third kappa shape index (κ3) is 4.08. The Balaban J connectivity index is 1.61. The molecule has 0 spiro atoms. The first-order valence-corrected chi connectivity index (χ1v) is 9.62. The van der Waals surface area contributed by atoms with Gasteiger partial charge in [-0.15, -0.1) is 0 Å². The van der Waals surface area contributed by atoms with Crippen LogP contribution in [0.2, 0.25) is 0 Å². The summed E-state index contributed by atoms with van der Waals surface area (Å²) >= 11 is 0. The number of nitriles is 1. The fourth-order valence-electron chi connectivity index (χ4n) is 3.16. The van der Waals surface area contributed by atoms with E-state index >= 15 is 0 Å². The van der Waals surface area contributed by atoms with E-state index in [1.165, 1.54) is 0 Å². The third-order valence-corrected chi connectivity index (χ3v) is 4.66. The van der Waals surface area contributed by atoms with Crippen molar-refractivity contribution >= 4 is 28.3 Å². The highest BCUT2D eigenvalue weighted by Gasteiger charge is 2.20. The molecule has 8 heteroatoms. The lowest BCUT2D eigenvalue weighted by atomic mass is 10.1. The van der Waals surface area contributed by atoms with E-state index in [0.29, 0.717) is 22.1 Å². The van der Waals surface area contributed by atoms with Crippen molar-refractivity contribution in [2.24, 2.45) is 0 Å². The molecule has 4 aromatic rings. The Morgan fingerprint density at radius 1 is 0.938 bits per heavy atom. The lowest BCUT2D eigenvalue weighted by Crippen LogP contribution is -2.26. The molecule has 0 fully saturated rings. The molecule has 1 N–H and O–H groups in total. The molecule has 8 nitrogen and oxygen atoms in total. The maximum atomic E-state index is 12.9. The second kappa shape index (κ2) is 8.93. The summed E-state index contributed by atoms with van der Waals surface area (Å²) in [5, 5.41) is 16.5. The first-order chi connectivity index (χ1) is 15.6. The van der Waals surface area contributed by atoms with Crippen molar-refractivity contribution < 1.29 is 14.3 Å². The molecule has 0 bridgehead atoms. The lowest BCUT2D eigenvalue weighted by molar-refractivity contribution is -0.119. The molecule has 1 heterocycles. The largest absolute Gasteiger partial charge is 0.451 e. The number of hydrogen-bond acceptors (Lipinski definition) is 6. The maximum absolute atomic E-state index is 12.9. The number of nitrogens with zero attached hydrogens (tertiary/aromatic N) is 3. The van der Waals surface area contributed by atoms with Gasteiger partial charge < -0.3 is 10.1 Å². The summed E-state index contributed by atoms with van der Waals surface area (Å²) in [5.74, 6) is -1.46. The molecule has 0 aliphatic rings. The van der Waals surface area contributed by atoms with Crippen molar-refractivity contribution in [1.29, 1.82) is 5.26 Å². The topological polar surface area (TPSA) is 114 Å². The number of anilines is 1. The number of carbonyl (C=O) groups excluding carboxylic acids is 2. The lowest BCUT2D eigenvalue weighted by Gasteiger charge is -2.11. The van der Waals surface area contributed by atoms with Crippen LogP contribution < -0.4 is 10.9 Å². The number of hydrogen-bond donors (Lipinski definition) is 1. The van der Waals surface area contributed by atoms with E-state index in [2.05, 4.69) is 10.4 Å². The molecular weight excluding hydrogens is 408 g/mol. The standard InChI is InChI=1S/C24H16N4O4/c25-14-16-8-4-7-13-20(16)26-21(29)15-32-24(31)22-18-11-5-6-12-19(18)23(30)28(27-22)17-9-2-1-3-10-17/h1-13H,15H2,(H,26,29). The third-order valence-electron chi connectivity index (χ3n) is 4.66. The smallest absolute Gasteiger partial charge is 0.359 e. The van der Waals surface area contributed by atoms with Gasteiger partial charge in [-0.05, 0) is 30.3 Å². The number of aromatic nitrogens is 2. The van der Waals surface area contributed by atoms with E-state index in [1.807, 2.05) is 6.07 Å². The number of rotatable bonds is 5. The highest BCUT2D eigenvalue weighted by Crippen LogP contribution is 2.17. The summed E-state index contributed by atoms with van der Waals surface area (Å²) in [7, 11) is 0. The van der Waals surface area contributed by atoms with E-state index in [9.17, 15) is 14.4 Å². The van der Waals surface area contributed by atoms with Gasteiger partial charge in [0.05, 0.1) is 22.3 Å². The molecule has 0 aliphatic carbocycles. The Kier molecular flexibility index (Phi) is 5.72. The summed E-state index contributed by atoms with van der Waals surface area (Å²) in [6, 6.07) is 23.7. The van der Waals surface area contributed by atoms with E-state index in [0.717, 1.165) is 4.68 Å². The number of esters is 1. The number of para-hydroxylation sites is 2. The maximum Gasteiger partial charge on any atom is 0.359 e. The van der Waals surface area contributed by atoms with Gasteiger partial charge in [-0.25, -0.2) is 4.79 Å². The molecule has 1 amide bonds. The van der Waals surface area contributed by atoms with Crippen LogP contribution in [-0.4, -0.2) is 28.3 Å². The fourth-order valence-corrected chi connectivity index (χ4v) is 3.16. The average Bonchev–Trinajstić information content (AvgIpc) is 2.84. The SMILES string of the molecule is N#Cc1ccccc1NC(=O)COC(=O)c1nn(-c2ccccc2)c(=O)c2ccccc12. The predicted octanol–water partition coefficient (Wildman–Crippen LogP) is 3.05. The zero-order valence-corrected chi connectivity index (χ0v) is 16.7. The highest BCUT2D eigenvalue weighted by atomic mass is 16.5. The van der Waals surface area contributed by atoms with E-state index in [4.69, 9.17) is 10.00 Å². The molecule has 4 rings (SSSR count). The number of nitrogens with one attached hydrogen (secondary N) is 1. The minimum atomic E-state index is -0.852. The number of benzene rings is 3. The van der Waals surface area contributed by atoms with E-state index < -0.39 is 18.5 Å². The Morgan fingerprint density at radius 2 is 1.59 bits per heavy atom. The van der Waals surface area contributed by atoms with Gasteiger partial charge in [-0.1, -0.05) is 48.5 Å². The number of ether oxygens (including phenoxy) is 1. The summed E-state index contributed by atoms with van der Waals surface area (Å²) in [5.41, 5.74) is 0.624. The summed E-state index contributed by atoms with van der Waals surface area (Å²) < 4.78 is 6.29. The van der Waals surface area contributed by atoms with Crippen molar-refractivity contribution in [2.75, 3.05) is 11.9 Å². The van der Waals surface area contributed by atoms with Crippen LogP contribution in [0.4, 0.5) is 5.69 Å². The van der Waals surface area contributed by atoms with Crippen molar-refractivity contribution in [2.45, 2.75) is 0 Å². The zero-order chi connectivity index (χ0) is 22.5. The summed E-state index contributed by atoms with van der Waals surface area (Å²) in [4.78, 5) is 37.9. The molecule has 156 valence electrons. The molecule has 1 aromatic heterocycles. The van der Waals surface area contributed by atoms with Crippen LogP contribution in [0.3, 0.4) is 0 Å². The molecule has 0 saturated carbocycles. The second-order valence-electron chi connectivity index (χ2n) is 6.73. The van der Waals surface area contributed by atoms with Gasteiger partial charge in [0.25, 0.3) is 11.5 Å². The zero-order valence-electron chi connectivity index (χ0n) is 16.7. The van der Waals surface area contributed by atoms with Crippen LogP contribution in [0.1, 0.15) is 16.1 Å². The molecule has 32 heavy (non-hydrogen) atoms. The van der Waals surface area contributed by atoms with Crippen molar-refractivity contribution in [1.82, 2.24) is 9.78 Å². The Labute approximate surface area is 182 Å². The van der Waals surface area contributed by atoms with Crippen LogP contribution in [0.25, 0.3) is 16.5 Å². The number of fused-ring (bicyclic) bond motifs is 1. The molecule has 3 aromatic carbocycles. The Bertz CT molecular complexity index is 1420. The van der Waals surface area contributed by atoms with Crippen molar-refractivity contribution in [3.05, 3.63) is 100 Å². The van der Waals surface area contributed by atoms with Crippen LogP contribution in [0.15, 0.2) is 83.7 Å². The van der Waals surface area contributed by atoms with Gasteiger partial charge >= 0.3 is 5.97 Å². The molecule has 0 atom stereocenters. The monoisotopic (exact) mass is 424 g/mol. The van der Waals surface area contributed by atoms with Gasteiger partial charge in [-0.3, -0.25) is 9.59 Å². The highest BCUT2D eigenvalue weighted by molar-refractivity contribution is 6.03. The van der Waals surface area contributed by atoms with Gasteiger partial charge in [0.2, 0.25) is 0 Å².